The Hall–Kier alpha value is -2.17. The molecule has 0 unspecified atom stereocenters. The van der Waals surface area contributed by atoms with Crippen molar-refractivity contribution in [3.8, 4) is 22.6 Å². The Morgan fingerprint density at radius 3 is 2.45 bits per heavy atom. The van der Waals surface area contributed by atoms with Crippen LogP contribution in [-0.2, 0) is 0 Å². The molecule has 2 heterocycles. The number of anilines is 1. The number of fused-ring (bicyclic) bond motifs is 1. The highest BCUT2D eigenvalue weighted by atomic mass is 16.5. The van der Waals surface area contributed by atoms with E-state index in [1.807, 2.05) is 19.1 Å². The standard InChI is InChI=1S/C15H17N3O2/c1-9-4-12-13(20-8-15(2-3-15)7-19-12)5-10(9)11-6-17-18-14(11)16/h4-6H,2-3,7-8H2,1H3,(H3,16,17,18). The molecule has 104 valence electrons. The number of hydrogen-bond acceptors (Lipinski definition) is 4. The highest BCUT2D eigenvalue weighted by Gasteiger charge is 2.46. The highest BCUT2D eigenvalue weighted by molar-refractivity contribution is 5.77. The van der Waals surface area contributed by atoms with Gasteiger partial charge in [0.25, 0.3) is 0 Å². The van der Waals surface area contributed by atoms with E-state index in [2.05, 4.69) is 10.2 Å². The number of ether oxygens (including phenoxy) is 2. The van der Waals surface area contributed by atoms with Gasteiger partial charge in [-0.1, -0.05) is 0 Å². The average molecular weight is 271 g/mol. The molecule has 5 nitrogen and oxygen atoms in total. The molecule has 1 saturated carbocycles. The van der Waals surface area contributed by atoms with Gasteiger partial charge in [-0.3, -0.25) is 5.10 Å². The van der Waals surface area contributed by atoms with Crippen molar-refractivity contribution in [2.75, 3.05) is 18.9 Å². The first-order valence-electron chi connectivity index (χ1n) is 6.86. The molecule has 3 N–H and O–H groups in total. The minimum atomic E-state index is 0.252. The van der Waals surface area contributed by atoms with Gasteiger partial charge in [-0.05, 0) is 43.0 Å². The number of nitrogens with two attached hydrogens (primary N) is 1. The van der Waals surface area contributed by atoms with Gasteiger partial charge in [0.2, 0.25) is 0 Å². The zero-order valence-electron chi connectivity index (χ0n) is 11.4. The minimum Gasteiger partial charge on any atom is -0.489 e. The largest absolute Gasteiger partial charge is 0.489 e. The molecule has 1 aliphatic heterocycles. The number of aromatic amines is 1. The van der Waals surface area contributed by atoms with E-state index >= 15 is 0 Å². The maximum Gasteiger partial charge on any atom is 0.161 e. The number of rotatable bonds is 1. The Labute approximate surface area is 117 Å². The third-order valence-electron chi connectivity index (χ3n) is 4.27. The first kappa shape index (κ1) is 11.6. The molecule has 4 rings (SSSR count). The predicted molar refractivity (Wildman–Crippen MR) is 75.8 cm³/mol. The fourth-order valence-electron chi connectivity index (χ4n) is 2.66. The van der Waals surface area contributed by atoms with Crippen molar-refractivity contribution in [3.05, 3.63) is 23.9 Å². The van der Waals surface area contributed by atoms with Crippen LogP contribution in [0.2, 0.25) is 0 Å². The molecule has 2 aromatic rings. The molecule has 0 saturated heterocycles. The number of benzene rings is 1. The fourth-order valence-corrected chi connectivity index (χ4v) is 2.66. The number of nitrogens with zero attached hydrogens (tertiary/aromatic N) is 1. The van der Waals surface area contributed by atoms with Crippen molar-refractivity contribution in [2.45, 2.75) is 19.8 Å². The Morgan fingerprint density at radius 2 is 1.85 bits per heavy atom. The summed E-state index contributed by atoms with van der Waals surface area (Å²) in [6, 6.07) is 4.03. The van der Waals surface area contributed by atoms with E-state index in [0.29, 0.717) is 5.82 Å². The summed E-state index contributed by atoms with van der Waals surface area (Å²) in [6.07, 6.45) is 4.13. The second-order valence-corrected chi connectivity index (χ2v) is 5.89. The average Bonchev–Trinajstić information content (AvgIpc) is 3.13. The molecular formula is C15H17N3O2. The van der Waals surface area contributed by atoms with E-state index in [1.165, 1.54) is 12.8 Å². The van der Waals surface area contributed by atoms with Crippen LogP contribution in [0.5, 0.6) is 11.5 Å². The van der Waals surface area contributed by atoms with Gasteiger partial charge in [0.1, 0.15) is 5.82 Å². The molecule has 0 amide bonds. The Morgan fingerprint density at radius 1 is 1.15 bits per heavy atom. The van der Waals surface area contributed by atoms with Gasteiger partial charge in [-0.25, -0.2) is 0 Å². The summed E-state index contributed by atoms with van der Waals surface area (Å²) in [7, 11) is 0. The van der Waals surface area contributed by atoms with Crippen molar-refractivity contribution >= 4 is 5.82 Å². The number of nitrogens with one attached hydrogen (secondary N) is 1. The maximum absolute atomic E-state index is 5.96. The molecule has 1 aliphatic carbocycles. The molecule has 0 atom stereocenters. The monoisotopic (exact) mass is 271 g/mol. The summed E-state index contributed by atoms with van der Waals surface area (Å²) in [6.45, 7) is 3.54. The second kappa shape index (κ2) is 3.91. The summed E-state index contributed by atoms with van der Waals surface area (Å²) >= 11 is 0. The number of aryl methyl sites for hydroxylation is 1. The van der Waals surface area contributed by atoms with E-state index in [1.54, 1.807) is 6.20 Å². The number of aromatic nitrogens is 2. The third kappa shape index (κ3) is 1.73. The lowest BCUT2D eigenvalue weighted by Gasteiger charge is -2.12. The lowest BCUT2D eigenvalue weighted by Crippen LogP contribution is -2.17. The highest BCUT2D eigenvalue weighted by Crippen LogP contribution is 2.49. The molecule has 1 aromatic heterocycles. The first-order valence-corrected chi connectivity index (χ1v) is 6.86. The van der Waals surface area contributed by atoms with Gasteiger partial charge < -0.3 is 15.2 Å². The third-order valence-corrected chi connectivity index (χ3v) is 4.27. The molecular weight excluding hydrogens is 254 g/mol. The van der Waals surface area contributed by atoms with Crippen LogP contribution < -0.4 is 15.2 Å². The molecule has 20 heavy (non-hydrogen) atoms. The van der Waals surface area contributed by atoms with Crippen LogP contribution in [0.1, 0.15) is 18.4 Å². The Balaban J connectivity index is 1.77. The smallest absolute Gasteiger partial charge is 0.161 e. The van der Waals surface area contributed by atoms with Crippen molar-refractivity contribution in [1.82, 2.24) is 10.2 Å². The van der Waals surface area contributed by atoms with Crippen LogP contribution in [0, 0.1) is 12.3 Å². The lowest BCUT2D eigenvalue weighted by molar-refractivity contribution is 0.197. The first-order chi connectivity index (χ1) is 9.67. The van der Waals surface area contributed by atoms with E-state index in [-0.39, 0.29) is 5.41 Å². The molecule has 2 aliphatic rings. The molecule has 1 fully saturated rings. The van der Waals surface area contributed by atoms with Gasteiger partial charge in [0.05, 0.1) is 19.4 Å². The fraction of sp³-hybridized carbons (Fsp3) is 0.400. The molecule has 1 aromatic carbocycles. The predicted octanol–water partition coefficient (Wildman–Crippen LogP) is 2.52. The summed E-state index contributed by atoms with van der Waals surface area (Å²) in [5, 5.41) is 6.75. The van der Waals surface area contributed by atoms with Crippen LogP contribution in [0.3, 0.4) is 0 Å². The van der Waals surface area contributed by atoms with E-state index in [4.69, 9.17) is 15.2 Å². The van der Waals surface area contributed by atoms with Crippen LogP contribution in [0.15, 0.2) is 18.3 Å². The zero-order chi connectivity index (χ0) is 13.7. The van der Waals surface area contributed by atoms with Gasteiger partial charge >= 0.3 is 0 Å². The summed E-state index contributed by atoms with van der Waals surface area (Å²) in [4.78, 5) is 0. The quantitative estimate of drug-likeness (QED) is 0.836. The Bertz CT molecular complexity index is 674. The summed E-state index contributed by atoms with van der Waals surface area (Å²) in [5.74, 6) is 2.20. The molecule has 0 bridgehead atoms. The number of hydrogen-bond donors (Lipinski definition) is 2. The second-order valence-electron chi connectivity index (χ2n) is 5.89. The van der Waals surface area contributed by atoms with Crippen LogP contribution >= 0.6 is 0 Å². The van der Waals surface area contributed by atoms with E-state index in [0.717, 1.165) is 41.4 Å². The minimum absolute atomic E-state index is 0.252. The van der Waals surface area contributed by atoms with Crippen molar-refractivity contribution in [3.63, 3.8) is 0 Å². The maximum atomic E-state index is 5.96. The van der Waals surface area contributed by atoms with Gasteiger partial charge in [-0.15, -0.1) is 0 Å². The zero-order valence-corrected chi connectivity index (χ0v) is 11.4. The summed E-state index contributed by atoms with van der Waals surface area (Å²) < 4.78 is 11.9. The van der Waals surface area contributed by atoms with E-state index in [9.17, 15) is 0 Å². The van der Waals surface area contributed by atoms with E-state index < -0.39 is 0 Å². The van der Waals surface area contributed by atoms with Gasteiger partial charge in [0.15, 0.2) is 11.5 Å². The van der Waals surface area contributed by atoms with Crippen molar-refractivity contribution in [2.24, 2.45) is 5.41 Å². The SMILES string of the molecule is Cc1cc2c(cc1-c1cn[nH]c1N)OCC1(CC1)CO2. The normalized spacial score (nSPS) is 18.9. The van der Waals surface area contributed by atoms with Crippen molar-refractivity contribution in [1.29, 1.82) is 0 Å². The Kier molecular flexibility index (Phi) is 2.28. The van der Waals surface area contributed by atoms with Gasteiger partial charge in [0, 0.05) is 11.0 Å². The number of nitrogen functional groups attached to an aromatic ring is 1. The van der Waals surface area contributed by atoms with Crippen LogP contribution in [0.4, 0.5) is 5.82 Å². The molecule has 0 radical (unpaired) electrons. The topological polar surface area (TPSA) is 73.2 Å². The lowest BCUT2D eigenvalue weighted by atomic mass is 10.0. The summed E-state index contributed by atoms with van der Waals surface area (Å²) in [5.41, 5.74) is 9.20. The van der Waals surface area contributed by atoms with Crippen LogP contribution in [-0.4, -0.2) is 23.4 Å². The van der Waals surface area contributed by atoms with Crippen LogP contribution in [0.25, 0.3) is 11.1 Å². The number of H-pyrrole nitrogens is 1. The molecule has 5 heteroatoms. The van der Waals surface area contributed by atoms with Gasteiger partial charge in [-0.2, -0.15) is 5.10 Å². The molecule has 1 spiro atoms. The van der Waals surface area contributed by atoms with Crippen molar-refractivity contribution < 1.29 is 9.47 Å².